The number of rotatable bonds is 6. The molecule has 0 bridgehead atoms. The third kappa shape index (κ3) is 4.31. The first kappa shape index (κ1) is 23.3. The number of aryl methyl sites for hydroxylation is 1. The van der Waals surface area contributed by atoms with E-state index in [-0.39, 0.29) is 18.0 Å². The Hall–Kier alpha value is -1.14. The summed E-state index contributed by atoms with van der Waals surface area (Å²) in [6.07, 6.45) is 14.3. The van der Waals surface area contributed by atoms with Crippen LogP contribution in [0.5, 0.6) is 5.75 Å². The second-order valence-electron chi connectivity index (χ2n) is 11.4. The first-order valence-electron chi connectivity index (χ1n) is 13.9. The predicted octanol–water partition coefficient (Wildman–Crippen LogP) is 5.99. The van der Waals surface area contributed by atoms with Crippen LogP contribution in [0.3, 0.4) is 0 Å². The maximum atomic E-state index is 6.47. The minimum Gasteiger partial charge on any atom is -0.465 e. The molecule has 3 aliphatic carbocycles. The van der Waals surface area contributed by atoms with Crippen LogP contribution in [-0.2, 0) is 25.4 Å². The van der Waals surface area contributed by atoms with Gasteiger partial charge in [-0.2, -0.15) is 0 Å². The molecule has 34 heavy (non-hydrogen) atoms. The Kier molecular flexibility index (Phi) is 6.90. The third-order valence-electron chi connectivity index (χ3n) is 9.70. The largest absolute Gasteiger partial charge is 0.465 e. The minimum atomic E-state index is -0.0731. The van der Waals surface area contributed by atoms with Gasteiger partial charge in [-0.3, -0.25) is 0 Å². The summed E-state index contributed by atoms with van der Waals surface area (Å²) in [5.41, 5.74) is 3.21. The van der Waals surface area contributed by atoms with Crippen LogP contribution in [0.4, 0.5) is 0 Å². The first-order chi connectivity index (χ1) is 16.8. The highest BCUT2D eigenvalue weighted by atomic mass is 16.7. The fourth-order valence-electron chi connectivity index (χ4n) is 8.07. The van der Waals surface area contributed by atoms with Crippen LogP contribution in [0.15, 0.2) is 18.2 Å². The zero-order valence-corrected chi connectivity index (χ0v) is 20.8. The molecule has 6 rings (SSSR count). The number of benzene rings is 1. The molecule has 5 heteroatoms. The Balaban J connectivity index is 1.18. The topological polar surface area (TPSA) is 46.2 Å². The molecular formula is C29H42O5. The molecule has 2 heterocycles. The van der Waals surface area contributed by atoms with Gasteiger partial charge in [0.2, 0.25) is 0 Å². The van der Waals surface area contributed by atoms with Gasteiger partial charge in [-0.15, -0.1) is 0 Å². The van der Waals surface area contributed by atoms with Crippen molar-refractivity contribution in [3.63, 3.8) is 0 Å². The number of hydrogen-bond acceptors (Lipinski definition) is 5. The van der Waals surface area contributed by atoms with Crippen molar-refractivity contribution in [3.8, 4) is 5.75 Å². The van der Waals surface area contributed by atoms with Gasteiger partial charge in [0, 0.05) is 25.6 Å². The Morgan fingerprint density at radius 3 is 2.50 bits per heavy atom. The minimum absolute atomic E-state index is 0.0155. The van der Waals surface area contributed by atoms with Gasteiger partial charge in [-0.25, -0.2) is 0 Å². The van der Waals surface area contributed by atoms with Gasteiger partial charge < -0.3 is 23.7 Å². The summed E-state index contributed by atoms with van der Waals surface area (Å²) in [6.45, 7) is 2.46. The maximum absolute atomic E-state index is 6.47. The van der Waals surface area contributed by atoms with Gasteiger partial charge >= 0.3 is 0 Å². The van der Waals surface area contributed by atoms with Gasteiger partial charge in [0.05, 0.1) is 19.3 Å². The lowest BCUT2D eigenvalue weighted by Gasteiger charge is -2.52. The van der Waals surface area contributed by atoms with Crippen LogP contribution in [0.2, 0.25) is 0 Å². The molecule has 2 saturated heterocycles. The average molecular weight is 471 g/mol. The van der Waals surface area contributed by atoms with Crippen LogP contribution >= 0.6 is 0 Å². The Morgan fingerprint density at radius 1 is 0.912 bits per heavy atom. The average Bonchev–Trinajstić information content (AvgIpc) is 3.27. The summed E-state index contributed by atoms with van der Waals surface area (Å²) in [5.74, 6) is 3.05. The van der Waals surface area contributed by atoms with E-state index in [0.717, 1.165) is 63.6 Å². The van der Waals surface area contributed by atoms with Gasteiger partial charge in [-0.1, -0.05) is 6.07 Å². The van der Waals surface area contributed by atoms with Crippen LogP contribution in [0.1, 0.15) is 87.7 Å². The standard InChI is InChI=1S/C29H42O5/c1-30-26-13-12-25-24-10-8-20-18-21(34-28-7-3-5-17-32-28)9-11-22(20)23(24)14-15-29(25,26)19-33-27-6-2-4-16-31-27/h9,11,18,23-28H,2-8,10,12-17,19H2,1H3/t23-,24-,25+,26+,27?,28?,29-/m1/s1. The Bertz CT molecular complexity index is 830. The third-order valence-corrected chi connectivity index (χ3v) is 9.70. The van der Waals surface area contributed by atoms with E-state index in [9.17, 15) is 0 Å². The van der Waals surface area contributed by atoms with E-state index in [1.165, 1.54) is 50.5 Å². The smallest absolute Gasteiger partial charge is 0.199 e. The molecular weight excluding hydrogens is 428 g/mol. The fraction of sp³-hybridized carbons (Fsp3) is 0.793. The summed E-state index contributed by atoms with van der Waals surface area (Å²) < 4.78 is 30.5. The highest BCUT2D eigenvalue weighted by molar-refractivity contribution is 5.41. The summed E-state index contributed by atoms with van der Waals surface area (Å²) in [5, 5.41) is 0. The molecule has 2 saturated carbocycles. The number of ether oxygens (including phenoxy) is 5. The predicted molar refractivity (Wildman–Crippen MR) is 130 cm³/mol. The van der Waals surface area contributed by atoms with E-state index in [1.807, 2.05) is 7.11 Å². The first-order valence-corrected chi connectivity index (χ1v) is 13.9. The lowest BCUT2D eigenvalue weighted by atomic mass is 9.55. The molecule has 188 valence electrons. The number of methoxy groups -OCH3 is 1. The van der Waals surface area contributed by atoms with E-state index in [4.69, 9.17) is 23.7 Å². The molecule has 5 aliphatic rings. The van der Waals surface area contributed by atoms with Crippen molar-refractivity contribution in [1.82, 2.24) is 0 Å². The molecule has 1 aromatic rings. The van der Waals surface area contributed by atoms with Crippen molar-refractivity contribution < 1.29 is 23.7 Å². The molecule has 0 N–H and O–H groups in total. The SMILES string of the molecule is CO[C@H]1CC[C@H]2[C@@H]3CCc4cc(OC5CCCCO5)ccc4[C@H]3CC[C@]12COC1CCCCO1. The maximum Gasteiger partial charge on any atom is 0.199 e. The Labute approximate surface area is 204 Å². The monoisotopic (exact) mass is 470 g/mol. The lowest BCUT2D eigenvalue weighted by molar-refractivity contribution is -0.202. The molecule has 0 aromatic heterocycles. The second-order valence-corrected chi connectivity index (χ2v) is 11.4. The molecule has 1 aromatic carbocycles. The summed E-state index contributed by atoms with van der Waals surface area (Å²) in [7, 11) is 1.91. The Morgan fingerprint density at radius 2 is 1.74 bits per heavy atom. The second kappa shape index (κ2) is 10.1. The van der Waals surface area contributed by atoms with Crippen molar-refractivity contribution in [2.45, 2.75) is 102 Å². The van der Waals surface area contributed by atoms with Crippen LogP contribution in [0, 0.1) is 17.3 Å². The highest BCUT2D eigenvalue weighted by Gasteiger charge is 2.58. The van der Waals surface area contributed by atoms with Crippen molar-refractivity contribution in [2.75, 3.05) is 26.9 Å². The summed E-state index contributed by atoms with van der Waals surface area (Å²) in [6, 6.07) is 6.87. The van der Waals surface area contributed by atoms with Crippen LogP contribution < -0.4 is 4.74 Å². The van der Waals surface area contributed by atoms with E-state index in [1.54, 1.807) is 5.56 Å². The molecule has 0 radical (unpaired) electrons. The van der Waals surface area contributed by atoms with Crippen molar-refractivity contribution in [3.05, 3.63) is 29.3 Å². The van der Waals surface area contributed by atoms with Gasteiger partial charge in [0.25, 0.3) is 0 Å². The van der Waals surface area contributed by atoms with E-state index < -0.39 is 0 Å². The van der Waals surface area contributed by atoms with E-state index in [0.29, 0.717) is 17.9 Å². The molecule has 2 unspecified atom stereocenters. The number of fused-ring (bicyclic) bond motifs is 5. The van der Waals surface area contributed by atoms with Gasteiger partial charge in [-0.05, 0) is 112 Å². The van der Waals surface area contributed by atoms with Crippen molar-refractivity contribution in [1.29, 1.82) is 0 Å². The van der Waals surface area contributed by atoms with Gasteiger partial charge in [0.1, 0.15) is 5.75 Å². The molecule has 2 aliphatic heterocycles. The van der Waals surface area contributed by atoms with Crippen LogP contribution in [-0.4, -0.2) is 45.6 Å². The molecule has 4 fully saturated rings. The number of hydrogen-bond donors (Lipinski definition) is 0. The van der Waals surface area contributed by atoms with E-state index >= 15 is 0 Å². The molecule has 0 amide bonds. The fourth-order valence-corrected chi connectivity index (χ4v) is 8.07. The normalized spacial score (nSPS) is 39.7. The van der Waals surface area contributed by atoms with E-state index in [2.05, 4.69) is 18.2 Å². The van der Waals surface area contributed by atoms with Crippen molar-refractivity contribution >= 4 is 0 Å². The van der Waals surface area contributed by atoms with Crippen LogP contribution in [0.25, 0.3) is 0 Å². The zero-order chi connectivity index (χ0) is 23.0. The highest BCUT2D eigenvalue weighted by Crippen LogP contribution is 2.62. The molecule has 0 spiro atoms. The molecule has 7 atom stereocenters. The zero-order valence-electron chi connectivity index (χ0n) is 20.8. The summed E-state index contributed by atoms with van der Waals surface area (Å²) >= 11 is 0. The summed E-state index contributed by atoms with van der Waals surface area (Å²) in [4.78, 5) is 0. The van der Waals surface area contributed by atoms with Gasteiger partial charge in [0.15, 0.2) is 12.6 Å². The molecule has 5 nitrogen and oxygen atoms in total. The van der Waals surface area contributed by atoms with Crippen molar-refractivity contribution in [2.24, 2.45) is 17.3 Å². The quantitative estimate of drug-likeness (QED) is 0.511. The lowest BCUT2D eigenvalue weighted by Crippen LogP contribution is -2.50.